The first kappa shape index (κ1) is 21.1. The zero-order valence-electron chi connectivity index (χ0n) is 18.2. The number of piperazine rings is 1. The third-order valence-corrected chi connectivity index (χ3v) is 7.37. The Morgan fingerprint density at radius 2 is 1.50 bits per heavy atom. The molecule has 2 aromatic rings. The Kier molecular flexibility index (Phi) is 5.72. The molecule has 0 N–H and O–H groups in total. The smallest absolute Gasteiger partial charge is 0.233 e. The number of nitrogens with zero attached hydrogens (tertiary/aromatic N) is 2. The third kappa shape index (κ3) is 3.92. The molecule has 32 heavy (non-hydrogen) atoms. The van der Waals surface area contributed by atoms with Crippen LogP contribution in [0.25, 0.3) is 0 Å². The van der Waals surface area contributed by atoms with E-state index in [1.807, 2.05) is 40.1 Å². The van der Waals surface area contributed by atoms with Crippen LogP contribution < -0.4 is 0 Å². The van der Waals surface area contributed by atoms with E-state index in [4.69, 9.17) is 4.74 Å². The number of carbonyl (C=O) groups is 2. The standard InChI is InChI=1S/C26H29FN2O3/c27-21-8-6-19(7-9-21)22-18-23(22)24(30)28-12-14-29(15-13-28)25(31)26(10-16-32-17-11-26)20-4-2-1-3-5-20/h1-9,22-23H,10-18H2/t22-,23+/m0/s1. The Morgan fingerprint density at radius 1 is 0.875 bits per heavy atom. The van der Waals surface area contributed by atoms with Gasteiger partial charge in [-0.15, -0.1) is 0 Å². The zero-order valence-corrected chi connectivity index (χ0v) is 18.2. The SMILES string of the molecule is O=C([C@@H]1C[C@H]1c1ccc(F)cc1)N1CCN(C(=O)C2(c3ccccc3)CCOCC2)CC1. The van der Waals surface area contributed by atoms with Crippen LogP contribution in [-0.2, 0) is 19.7 Å². The van der Waals surface area contributed by atoms with Gasteiger partial charge in [-0.3, -0.25) is 9.59 Å². The van der Waals surface area contributed by atoms with Crippen LogP contribution in [0.5, 0.6) is 0 Å². The van der Waals surface area contributed by atoms with Gasteiger partial charge in [-0.05, 0) is 48.4 Å². The molecular formula is C26H29FN2O3. The number of hydrogen-bond donors (Lipinski definition) is 0. The van der Waals surface area contributed by atoms with E-state index < -0.39 is 5.41 Å². The van der Waals surface area contributed by atoms with E-state index in [1.165, 1.54) is 12.1 Å². The number of amides is 2. The maximum atomic E-state index is 13.7. The molecule has 0 spiro atoms. The van der Waals surface area contributed by atoms with Crippen molar-refractivity contribution in [3.8, 4) is 0 Å². The lowest BCUT2D eigenvalue weighted by molar-refractivity contribution is -0.146. The highest BCUT2D eigenvalue weighted by Crippen LogP contribution is 2.48. The van der Waals surface area contributed by atoms with Gasteiger partial charge in [0, 0.05) is 45.3 Å². The van der Waals surface area contributed by atoms with Crippen molar-refractivity contribution in [3.63, 3.8) is 0 Å². The summed E-state index contributed by atoms with van der Waals surface area (Å²) in [4.78, 5) is 30.5. The van der Waals surface area contributed by atoms with Gasteiger partial charge < -0.3 is 14.5 Å². The van der Waals surface area contributed by atoms with Gasteiger partial charge in [0.25, 0.3) is 0 Å². The lowest BCUT2D eigenvalue weighted by Crippen LogP contribution is -2.57. The first-order valence-electron chi connectivity index (χ1n) is 11.6. The van der Waals surface area contributed by atoms with Crippen molar-refractivity contribution < 1.29 is 18.7 Å². The van der Waals surface area contributed by atoms with Crippen molar-refractivity contribution in [1.82, 2.24) is 9.80 Å². The van der Waals surface area contributed by atoms with Crippen LogP contribution in [0.2, 0.25) is 0 Å². The molecule has 2 amide bonds. The number of halogens is 1. The molecule has 0 unspecified atom stereocenters. The summed E-state index contributed by atoms with van der Waals surface area (Å²) < 4.78 is 18.7. The van der Waals surface area contributed by atoms with Gasteiger partial charge in [-0.25, -0.2) is 4.39 Å². The minimum Gasteiger partial charge on any atom is -0.381 e. The normalized spacial score (nSPS) is 24.8. The van der Waals surface area contributed by atoms with E-state index in [1.54, 1.807) is 12.1 Å². The molecule has 5 rings (SSSR count). The van der Waals surface area contributed by atoms with E-state index in [-0.39, 0.29) is 29.5 Å². The molecule has 0 bridgehead atoms. The monoisotopic (exact) mass is 436 g/mol. The molecule has 2 saturated heterocycles. The quantitative estimate of drug-likeness (QED) is 0.739. The van der Waals surface area contributed by atoms with Crippen LogP contribution in [0.4, 0.5) is 4.39 Å². The second kappa shape index (κ2) is 8.66. The topological polar surface area (TPSA) is 49.9 Å². The van der Waals surface area contributed by atoms with Gasteiger partial charge in [-0.2, -0.15) is 0 Å². The Bertz CT molecular complexity index is 964. The molecule has 2 heterocycles. The fourth-order valence-electron chi connectivity index (χ4n) is 5.32. The average Bonchev–Trinajstić information content (AvgIpc) is 3.66. The highest BCUT2D eigenvalue weighted by atomic mass is 19.1. The van der Waals surface area contributed by atoms with Gasteiger partial charge >= 0.3 is 0 Å². The molecule has 2 atom stereocenters. The van der Waals surface area contributed by atoms with Crippen LogP contribution in [0.3, 0.4) is 0 Å². The second-order valence-corrected chi connectivity index (χ2v) is 9.18. The second-order valence-electron chi connectivity index (χ2n) is 9.18. The average molecular weight is 437 g/mol. The fourth-order valence-corrected chi connectivity index (χ4v) is 5.32. The summed E-state index contributed by atoms with van der Waals surface area (Å²) in [5, 5.41) is 0. The molecule has 1 saturated carbocycles. The molecule has 168 valence electrons. The highest BCUT2D eigenvalue weighted by molar-refractivity contribution is 5.89. The Balaban J connectivity index is 1.22. The molecule has 2 aliphatic heterocycles. The van der Waals surface area contributed by atoms with Gasteiger partial charge in [0.05, 0.1) is 5.41 Å². The van der Waals surface area contributed by atoms with Crippen LogP contribution in [-0.4, -0.2) is 61.0 Å². The van der Waals surface area contributed by atoms with Crippen LogP contribution in [0.15, 0.2) is 54.6 Å². The van der Waals surface area contributed by atoms with Gasteiger partial charge in [-0.1, -0.05) is 42.5 Å². The van der Waals surface area contributed by atoms with E-state index in [2.05, 4.69) is 0 Å². The maximum absolute atomic E-state index is 13.7. The summed E-state index contributed by atoms with van der Waals surface area (Å²) in [6.07, 6.45) is 2.20. The highest BCUT2D eigenvalue weighted by Gasteiger charge is 2.48. The van der Waals surface area contributed by atoms with Gasteiger partial charge in [0.15, 0.2) is 0 Å². The molecule has 0 aromatic heterocycles. The molecular weight excluding hydrogens is 407 g/mol. The molecule has 6 heteroatoms. The summed E-state index contributed by atoms with van der Waals surface area (Å²) in [6, 6.07) is 16.5. The van der Waals surface area contributed by atoms with Crippen molar-refractivity contribution in [2.24, 2.45) is 5.92 Å². The molecule has 1 aliphatic carbocycles. The van der Waals surface area contributed by atoms with Crippen molar-refractivity contribution in [1.29, 1.82) is 0 Å². The first-order chi connectivity index (χ1) is 15.6. The summed E-state index contributed by atoms with van der Waals surface area (Å²) in [6.45, 7) is 3.44. The van der Waals surface area contributed by atoms with Crippen molar-refractivity contribution in [3.05, 3.63) is 71.5 Å². The van der Waals surface area contributed by atoms with Crippen molar-refractivity contribution >= 4 is 11.8 Å². The number of hydrogen-bond acceptors (Lipinski definition) is 3. The lowest BCUT2D eigenvalue weighted by atomic mass is 9.73. The zero-order chi connectivity index (χ0) is 22.1. The van der Waals surface area contributed by atoms with E-state index in [9.17, 15) is 14.0 Å². The molecule has 5 nitrogen and oxygen atoms in total. The van der Waals surface area contributed by atoms with E-state index >= 15 is 0 Å². The van der Waals surface area contributed by atoms with Crippen LogP contribution in [0.1, 0.15) is 36.3 Å². The van der Waals surface area contributed by atoms with E-state index in [0.717, 1.165) is 17.5 Å². The molecule has 3 aliphatic rings. The Labute approximate surface area is 188 Å². The minimum absolute atomic E-state index is 0.0196. The van der Waals surface area contributed by atoms with Crippen molar-refractivity contribution in [2.45, 2.75) is 30.6 Å². The number of rotatable bonds is 4. The summed E-state index contributed by atoms with van der Waals surface area (Å²) >= 11 is 0. The summed E-state index contributed by atoms with van der Waals surface area (Å²) in [7, 11) is 0. The van der Waals surface area contributed by atoms with Crippen molar-refractivity contribution in [2.75, 3.05) is 39.4 Å². The molecule has 0 radical (unpaired) electrons. The molecule has 2 aromatic carbocycles. The van der Waals surface area contributed by atoms with Gasteiger partial charge in [0.1, 0.15) is 5.82 Å². The maximum Gasteiger partial charge on any atom is 0.233 e. The Hall–Kier alpha value is -2.73. The van der Waals surface area contributed by atoms with E-state index in [0.29, 0.717) is 52.2 Å². The van der Waals surface area contributed by atoms with Crippen LogP contribution >= 0.6 is 0 Å². The largest absolute Gasteiger partial charge is 0.381 e. The summed E-state index contributed by atoms with van der Waals surface area (Å²) in [5.74, 6) is 0.237. The minimum atomic E-state index is -0.532. The third-order valence-electron chi connectivity index (χ3n) is 7.37. The Morgan fingerprint density at radius 3 is 2.16 bits per heavy atom. The first-order valence-corrected chi connectivity index (χ1v) is 11.6. The predicted molar refractivity (Wildman–Crippen MR) is 119 cm³/mol. The number of benzene rings is 2. The summed E-state index contributed by atoms with van der Waals surface area (Å²) in [5.41, 5.74) is 1.56. The van der Waals surface area contributed by atoms with Gasteiger partial charge in [0.2, 0.25) is 11.8 Å². The molecule has 3 fully saturated rings. The predicted octanol–water partition coefficient (Wildman–Crippen LogP) is 3.35. The number of carbonyl (C=O) groups excluding carboxylic acids is 2. The fraction of sp³-hybridized carbons (Fsp3) is 0.462. The number of ether oxygens (including phenoxy) is 1. The lowest BCUT2D eigenvalue weighted by Gasteiger charge is -2.43. The van der Waals surface area contributed by atoms with Crippen LogP contribution in [0, 0.1) is 11.7 Å².